The number of carbonyl (C=O) groups is 2. The molecule has 0 radical (unpaired) electrons. The van der Waals surface area contributed by atoms with E-state index in [0.717, 1.165) is 12.8 Å². The van der Waals surface area contributed by atoms with E-state index in [-0.39, 0.29) is 24.5 Å². The van der Waals surface area contributed by atoms with Crippen LogP contribution in [0.2, 0.25) is 0 Å². The van der Waals surface area contributed by atoms with E-state index >= 15 is 0 Å². The van der Waals surface area contributed by atoms with E-state index in [1.807, 2.05) is 19.1 Å². The molecule has 1 saturated carbocycles. The Morgan fingerprint density at radius 3 is 2.41 bits per heavy atom. The summed E-state index contributed by atoms with van der Waals surface area (Å²) in [6.07, 6.45) is 5.70. The quantitative estimate of drug-likeness (QED) is 0.702. The van der Waals surface area contributed by atoms with Gasteiger partial charge in [0.25, 0.3) is 11.8 Å². The highest BCUT2D eigenvalue weighted by molar-refractivity contribution is 5.95. The van der Waals surface area contributed by atoms with E-state index in [2.05, 4.69) is 10.6 Å². The van der Waals surface area contributed by atoms with Gasteiger partial charge < -0.3 is 20.1 Å². The highest BCUT2D eigenvalue weighted by Gasteiger charge is 2.16. The molecule has 0 unspecified atom stereocenters. The number of anilines is 1. The molecule has 29 heavy (non-hydrogen) atoms. The summed E-state index contributed by atoms with van der Waals surface area (Å²) in [4.78, 5) is 24.5. The molecule has 0 saturated heterocycles. The Labute approximate surface area is 171 Å². The molecule has 0 atom stereocenters. The van der Waals surface area contributed by atoms with Crippen molar-refractivity contribution >= 4 is 17.5 Å². The first-order valence-corrected chi connectivity index (χ1v) is 10.2. The molecule has 0 bridgehead atoms. The number of carbonyl (C=O) groups excluding carboxylic acids is 2. The third-order valence-electron chi connectivity index (χ3n) is 4.89. The van der Waals surface area contributed by atoms with Gasteiger partial charge in [0.2, 0.25) is 0 Å². The molecular weight excluding hydrogens is 368 g/mol. The van der Waals surface area contributed by atoms with Gasteiger partial charge in [0.1, 0.15) is 11.5 Å². The van der Waals surface area contributed by atoms with Crippen LogP contribution in [0.25, 0.3) is 0 Å². The maximum atomic E-state index is 12.4. The van der Waals surface area contributed by atoms with Crippen molar-refractivity contribution in [3.05, 3.63) is 54.1 Å². The molecular formula is C23H28N2O4. The van der Waals surface area contributed by atoms with Crippen molar-refractivity contribution < 1.29 is 19.1 Å². The first-order valence-electron chi connectivity index (χ1n) is 10.2. The molecule has 0 heterocycles. The first kappa shape index (κ1) is 20.7. The van der Waals surface area contributed by atoms with Crippen LogP contribution in [-0.2, 0) is 4.79 Å². The van der Waals surface area contributed by atoms with Gasteiger partial charge in [0.05, 0.1) is 12.3 Å². The monoisotopic (exact) mass is 396 g/mol. The summed E-state index contributed by atoms with van der Waals surface area (Å²) in [5, 5.41) is 5.88. The molecule has 2 aromatic rings. The van der Waals surface area contributed by atoms with Crippen LogP contribution >= 0.6 is 0 Å². The van der Waals surface area contributed by atoms with Crippen LogP contribution in [0.5, 0.6) is 11.5 Å². The minimum atomic E-state index is -0.281. The van der Waals surface area contributed by atoms with Gasteiger partial charge in [0.15, 0.2) is 6.61 Å². The number of para-hydroxylation sites is 2. The lowest BCUT2D eigenvalue weighted by Gasteiger charge is -2.22. The Balaban J connectivity index is 1.48. The van der Waals surface area contributed by atoms with Crippen LogP contribution in [0.15, 0.2) is 48.5 Å². The van der Waals surface area contributed by atoms with Gasteiger partial charge in [-0.15, -0.1) is 0 Å². The largest absolute Gasteiger partial charge is 0.492 e. The molecule has 6 heteroatoms. The maximum Gasteiger partial charge on any atom is 0.262 e. The second kappa shape index (κ2) is 10.5. The lowest BCUT2D eigenvalue weighted by molar-refractivity contribution is -0.118. The smallest absolute Gasteiger partial charge is 0.262 e. The highest BCUT2D eigenvalue weighted by atomic mass is 16.5. The molecule has 2 N–H and O–H groups in total. The summed E-state index contributed by atoms with van der Waals surface area (Å²) in [6, 6.07) is 14.4. The number of amides is 2. The number of nitrogens with one attached hydrogen (secondary N) is 2. The number of rotatable bonds is 8. The van der Waals surface area contributed by atoms with Crippen molar-refractivity contribution in [3.63, 3.8) is 0 Å². The highest BCUT2D eigenvalue weighted by Crippen LogP contribution is 2.23. The fraction of sp³-hybridized carbons (Fsp3) is 0.391. The summed E-state index contributed by atoms with van der Waals surface area (Å²) >= 11 is 0. The van der Waals surface area contributed by atoms with E-state index in [9.17, 15) is 9.59 Å². The van der Waals surface area contributed by atoms with E-state index in [0.29, 0.717) is 29.4 Å². The lowest BCUT2D eigenvalue weighted by Crippen LogP contribution is -2.36. The Kier molecular flexibility index (Phi) is 7.50. The predicted molar refractivity (Wildman–Crippen MR) is 113 cm³/mol. The van der Waals surface area contributed by atoms with Gasteiger partial charge >= 0.3 is 0 Å². The Bertz CT molecular complexity index is 814. The zero-order chi connectivity index (χ0) is 20.5. The number of ether oxygens (including phenoxy) is 2. The van der Waals surface area contributed by atoms with E-state index in [1.165, 1.54) is 19.3 Å². The van der Waals surface area contributed by atoms with Crippen molar-refractivity contribution in [2.45, 2.75) is 45.1 Å². The molecule has 2 amide bonds. The minimum Gasteiger partial charge on any atom is -0.492 e. The van der Waals surface area contributed by atoms with Crippen LogP contribution in [-0.4, -0.2) is 31.1 Å². The maximum absolute atomic E-state index is 12.4. The summed E-state index contributed by atoms with van der Waals surface area (Å²) in [7, 11) is 0. The second-order valence-electron chi connectivity index (χ2n) is 7.10. The topological polar surface area (TPSA) is 76.7 Å². The van der Waals surface area contributed by atoms with Gasteiger partial charge in [-0.2, -0.15) is 0 Å². The standard InChI is InChI=1S/C23H28N2O4/c1-2-28-21-11-7-6-10-20(21)25-22(26)16-29-19-14-12-17(13-15-19)23(27)24-18-8-4-3-5-9-18/h6-7,10-15,18H,2-5,8-9,16H2,1H3,(H,24,27)(H,25,26). The Hall–Kier alpha value is -3.02. The molecule has 0 aromatic heterocycles. The summed E-state index contributed by atoms with van der Waals surface area (Å²) in [6.45, 7) is 2.28. The first-order chi connectivity index (χ1) is 14.2. The normalized spacial score (nSPS) is 14.1. The molecule has 1 fully saturated rings. The molecule has 3 rings (SSSR count). The van der Waals surface area contributed by atoms with Crippen molar-refractivity contribution in [2.75, 3.05) is 18.5 Å². The van der Waals surface area contributed by atoms with Crippen LogP contribution < -0.4 is 20.1 Å². The van der Waals surface area contributed by atoms with Gasteiger partial charge in [-0.05, 0) is 56.2 Å². The van der Waals surface area contributed by atoms with Crippen LogP contribution in [0, 0.1) is 0 Å². The molecule has 0 aliphatic heterocycles. The van der Waals surface area contributed by atoms with Crippen LogP contribution in [0.3, 0.4) is 0 Å². The molecule has 1 aliphatic rings. The predicted octanol–water partition coefficient (Wildman–Crippen LogP) is 4.17. The third-order valence-corrected chi connectivity index (χ3v) is 4.89. The summed E-state index contributed by atoms with van der Waals surface area (Å²) < 4.78 is 11.0. The summed E-state index contributed by atoms with van der Waals surface area (Å²) in [5.74, 6) is 0.814. The lowest BCUT2D eigenvalue weighted by atomic mass is 9.95. The fourth-order valence-electron chi connectivity index (χ4n) is 3.40. The molecule has 154 valence electrons. The molecule has 2 aromatic carbocycles. The van der Waals surface area contributed by atoms with Gasteiger partial charge in [0, 0.05) is 11.6 Å². The van der Waals surface area contributed by atoms with Gasteiger partial charge in [-0.25, -0.2) is 0 Å². The van der Waals surface area contributed by atoms with Crippen LogP contribution in [0.4, 0.5) is 5.69 Å². The van der Waals surface area contributed by atoms with E-state index < -0.39 is 0 Å². The van der Waals surface area contributed by atoms with Crippen molar-refractivity contribution in [3.8, 4) is 11.5 Å². The second-order valence-corrected chi connectivity index (χ2v) is 7.10. The average molecular weight is 396 g/mol. The van der Waals surface area contributed by atoms with Crippen molar-refractivity contribution in [2.24, 2.45) is 0 Å². The Morgan fingerprint density at radius 1 is 0.966 bits per heavy atom. The number of hydrogen-bond donors (Lipinski definition) is 2. The Morgan fingerprint density at radius 2 is 1.69 bits per heavy atom. The number of hydrogen-bond acceptors (Lipinski definition) is 4. The van der Waals surface area contributed by atoms with E-state index in [4.69, 9.17) is 9.47 Å². The third kappa shape index (κ3) is 6.24. The minimum absolute atomic E-state index is 0.0614. The van der Waals surface area contributed by atoms with Crippen molar-refractivity contribution in [1.82, 2.24) is 5.32 Å². The zero-order valence-corrected chi connectivity index (χ0v) is 16.8. The van der Waals surface area contributed by atoms with Crippen LogP contribution in [0.1, 0.15) is 49.4 Å². The van der Waals surface area contributed by atoms with Crippen molar-refractivity contribution in [1.29, 1.82) is 0 Å². The SMILES string of the molecule is CCOc1ccccc1NC(=O)COc1ccc(C(=O)NC2CCCCC2)cc1. The molecule has 1 aliphatic carbocycles. The van der Waals surface area contributed by atoms with E-state index in [1.54, 1.807) is 36.4 Å². The summed E-state index contributed by atoms with van der Waals surface area (Å²) in [5.41, 5.74) is 1.20. The van der Waals surface area contributed by atoms with Gasteiger partial charge in [-0.3, -0.25) is 9.59 Å². The molecule has 6 nitrogen and oxygen atoms in total. The average Bonchev–Trinajstić information content (AvgIpc) is 2.75. The fourth-order valence-corrected chi connectivity index (χ4v) is 3.40. The zero-order valence-electron chi connectivity index (χ0n) is 16.8. The van der Waals surface area contributed by atoms with Gasteiger partial charge in [-0.1, -0.05) is 31.4 Å². The number of benzene rings is 2. The molecule has 0 spiro atoms.